The molecule has 3 rings (SSSR count). The molecule has 0 aliphatic carbocycles. The lowest BCUT2D eigenvalue weighted by Gasteiger charge is -2.01. The third kappa shape index (κ3) is 1.98. The summed E-state index contributed by atoms with van der Waals surface area (Å²) in [6.07, 6.45) is 0. The van der Waals surface area contributed by atoms with Crippen molar-refractivity contribution in [1.29, 1.82) is 0 Å². The van der Waals surface area contributed by atoms with Crippen molar-refractivity contribution in [3.8, 4) is 0 Å². The summed E-state index contributed by atoms with van der Waals surface area (Å²) in [5.74, 6) is 0. The fourth-order valence-electron chi connectivity index (χ4n) is 1.95. The predicted molar refractivity (Wildman–Crippen MR) is 78.1 cm³/mol. The van der Waals surface area contributed by atoms with Crippen molar-refractivity contribution in [3.63, 3.8) is 0 Å². The third-order valence-corrected chi connectivity index (χ3v) is 4.21. The highest BCUT2D eigenvalue weighted by atomic mass is 35.5. The van der Waals surface area contributed by atoms with Crippen molar-refractivity contribution in [1.82, 2.24) is 14.5 Å². The Morgan fingerprint density at radius 2 is 2.33 bits per heavy atom. The first-order chi connectivity index (χ1) is 8.65. The molecule has 0 fully saturated rings. The Bertz CT molecular complexity index is 769. The van der Waals surface area contributed by atoms with Crippen LogP contribution in [0.4, 0.5) is 0 Å². The van der Waals surface area contributed by atoms with E-state index in [0.29, 0.717) is 16.3 Å². The first kappa shape index (κ1) is 11.9. The number of thiazole rings is 1. The van der Waals surface area contributed by atoms with Crippen LogP contribution in [0.25, 0.3) is 11.0 Å². The van der Waals surface area contributed by atoms with Gasteiger partial charge in [0.25, 0.3) is 0 Å². The van der Waals surface area contributed by atoms with E-state index in [0.717, 1.165) is 21.7 Å². The van der Waals surface area contributed by atoms with E-state index in [2.05, 4.69) is 15.3 Å². The summed E-state index contributed by atoms with van der Waals surface area (Å²) in [7, 11) is 0. The number of nitrogens with one attached hydrogen (secondary N) is 1. The van der Waals surface area contributed by atoms with E-state index in [-0.39, 0.29) is 0 Å². The zero-order chi connectivity index (χ0) is 12.7. The quantitative estimate of drug-likeness (QED) is 0.720. The summed E-state index contributed by atoms with van der Waals surface area (Å²) in [5.41, 5.74) is 2.92. The molecule has 0 bridgehead atoms. The first-order valence-corrected chi connectivity index (χ1v) is 7.10. The molecule has 0 saturated heterocycles. The summed E-state index contributed by atoms with van der Waals surface area (Å²) in [4.78, 5) is 7.60. The van der Waals surface area contributed by atoms with E-state index < -0.39 is 0 Å². The third-order valence-electron chi connectivity index (χ3n) is 2.75. The van der Waals surface area contributed by atoms with Gasteiger partial charge in [0.1, 0.15) is 0 Å². The molecule has 0 unspecified atom stereocenters. The summed E-state index contributed by atoms with van der Waals surface area (Å²) >= 11 is 13.1. The van der Waals surface area contributed by atoms with Gasteiger partial charge in [-0.3, -0.25) is 0 Å². The normalized spacial score (nSPS) is 11.2. The van der Waals surface area contributed by atoms with Crippen LogP contribution in [0, 0.1) is 11.7 Å². The molecule has 92 valence electrons. The van der Waals surface area contributed by atoms with Crippen molar-refractivity contribution < 1.29 is 0 Å². The Hall–Kier alpha value is -1.17. The van der Waals surface area contributed by atoms with Crippen LogP contribution in [0.3, 0.4) is 0 Å². The number of aryl methyl sites for hydroxylation is 1. The van der Waals surface area contributed by atoms with Gasteiger partial charge >= 0.3 is 0 Å². The number of H-pyrrole nitrogens is 1. The molecule has 0 amide bonds. The number of halogens is 1. The fraction of sp³-hybridized carbons (Fsp3) is 0.167. The van der Waals surface area contributed by atoms with Gasteiger partial charge in [-0.2, -0.15) is 0 Å². The summed E-state index contributed by atoms with van der Waals surface area (Å²) in [6, 6.07) is 5.79. The maximum Gasteiger partial charge on any atom is 0.178 e. The molecule has 0 radical (unpaired) electrons. The Morgan fingerprint density at radius 1 is 1.50 bits per heavy atom. The summed E-state index contributed by atoms with van der Waals surface area (Å²) < 4.78 is 2.69. The van der Waals surface area contributed by atoms with Crippen molar-refractivity contribution in [3.05, 3.63) is 44.1 Å². The average Bonchev–Trinajstić information content (AvgIpc) is 2.87. The second-order valence-corrected chi connectivity index (χ2v) is 5.86. The van der Waals surface area contributed by atoms with E-state index in [9.17, 15) is 0 Å². The summed E-state index contributed by atoms with van der Waals surface area (Å²) in [5, 5.41) is 3.81. The molecule has 6 heteroatoms. The Labute approximate surface area is 118 Å². The smallest absolute Gasteiger partial charge is 0.178 e. The molecule has 0 spiro atoms. The van der Waals surface area contributed by atoms with Gasteiger partial charge in [0.2, 0.25) is 0 Å². The van der Waals surface area contributed by atoms with Crippen LogP contribution in [-0.4, -0.2) is 14.5 Å². The highest BCUT2D eigenvalue weighted by molar-refractivity contribution is 7.71. The van der Waals surface area contributed by atoms with Gasteiger partial charge in [-0.25, -0.2) is 4.98 Å². The minimum atomic E-state index is 0.670. The lowest BCUT2D eigenvalue weighted by Crippen LogP contribution is -1.99. The number of hydrogen-bond donors (Lipinski definition) is 1. The number of aromatic nitrogens is 3. The van der Waals surface area contributed by atoms with Gasteiger partial charge in [-0.05, 0) is 31.3 Å². The SMILES string of the molecule is Cc1nc(Cn2c(=S)[nH]c3c(Cl)cccc32)cs1. The van der Waals surface area contributed by atoms with Crippen LogP contribution in [0.5, 0.6) is 0 Å². The van der Waals surface area contributed by atoms with E-state index in [1.54, 1.807) is 11.3 Å². The monoisotopic (exact) mass is 295 g/mol. The molecular weight excluding hydrogens is 286 g/mol. The standard InChI is InChI=1S/C12H10ClN3S2/c1-7-14-8(6-18-7)5-16-10-4-2-3-9(13)11(10)15-12(16)17/h2-4,6H,5H2,1H3,(H,15,17). The minimum Gasteiger partial charge on any atom is -0.329 e. The van der Waals surface area contributed by atoms with E-state index in [1.165, 1.54) is 0 Å². The number of para-hydroxylation sites is 1. The number of fused-ring (bicyclic) bond motifs is 1. The van der Waals surface area contributed by atoms with E-state index >= 15 is 0 Å². The van der Waals surface area contributed by atoms with Crippen molar-refractivity contribution in [2.75, 3.05) is 0 Å². The molecule has 18 heavy (non-hydrogen) atoms. The molecule has 0 saturated carbocycles. The Balaban J connectivity index is 2.14. The van der Waals surface area contributed by atoms with Crippen LogP contribution >= 0.6 is 35.2 Å². The number of nitrogens with zero attached hydrogens (tertiary/aromatic N) is 2. The van der Waals surface area contributed by atoms with Crippen LogP contribution in [-0.2, 0) is 6.54 Å². The van der Waals surface area contributed by atoms with Crippen LogP contribution in [0.1, 0.15) is 10.7 Å². The average molecular weight is 296 g/mol. The molecule has 1 aromatic carbocycles. The van der Waals surface area contributed by atoms with Gasteiger partial charge in [0.15, 0.2) is 4.77 Å². The van der Waals surface area contributed by atoms with E-state index in [4.69, 9.17) is 23.8 Å². The molecule has 0 aliphatic heterocycles. The topological polar surface area (TPSA) is 33.6 Å². The molecule has 2 heterocycles. The maximum absolute atomic E-state index is 6.14. The molecule has 0 aliphatic rings. The Kier molecular flexibility index (Phi) is 2.97. The van der Waals surface area contributed by atoms with Crippen LogP contribution in [0.2, 0.25) is 5.02 Å². The van der Waals surface area contributed by atoms with Gasteiger partial charge in [-0.1, -0.05) is 17.7 Å². The zero-order valence-electron chi connectivity index (χ0n) is 9.61. The zero-order valence-corrected chi connectivity index (χ0v) is 12.0. The van der Waals surface area contributed by atoms with Crippen molar-refractivity contribution in [2.24, 2.45) is 0 Å². The maximum atomic E-state index is 6.14. The number of aromatic amines is 1. The predicted octanol–water partition coefficient (Wildman–Crippen LogP) is 4.17. The van der Waals surface area contributed by atoms with Gasteiger partial charge < -0.3 is 9.55 Å². The van der Waals surface area contributed by atoms with Crippen LogP contribution < -0.4 is 0 Å². The van der Waals surface area contributed by atoms with Gasteiger partial charge in [-0.15, -0.1) is 11.3 Å². The molecule has 1 N–H and O–H groups in total. The molecule has 0 atom stereocenters. The van der Waals surface area contributed by atoms with E-state index in [1.807, 2.05) is 29.7 Å². The second kappa shape index (κ2) is 4.50. The van der Waals surface area contributed by atoms with Crippen molar-refractivity contribution in [2.45, 2.75) is 13.5 Å². The molecular formula is C12H10ClN3S2. The Morgan fingerprint density at radius 3 is 3.06 bits per heavy atom. The number of rotatable bonds is 2. The van der Waals surface area contributed by atoms with Gasteiger partial charge in [0.05, 0.1) is 33.3 Å². The van der Waals surface area contributed by atoms with Crippen LogP contribution in [0.15, 0.2) is 23.6 Å². The largest absolute Gasteiger partial charge is 0.329 e. The highest BCUT2D eigenvalue weighted by Crippen LogP contribution is 2.23. The first-order valence-electron chi connectivity index (χ1n) is 5.43. The van der Waals surface area contributed by atoms with Crippen molar-refractivity contribution >= 4 is 46.2 Å². The van der Waals surface area contributed by atoms with Gasteiger partial charge in [0, 0.05) is 5.38 Å². The number of imidazole rings is 1. The molecule has 3 nitrogen and oxygen atoms in total. The number of hydrogen-bond acceptors (Lipinski definition) is 3. The molecule has 2 aromatic heterocycles. The summed E-state index contributed by atoms with van der Waals surface area (Å²) in [6.45, 7) is 2.67. The lowest BCUT2D eigenvalue weighted by atomic mass is 10.3. The second-order valence-electron chi connectivity index (χ2n) is 4.01. The fourth-order valence-corrected chi connectivity index (χ4v) is 3.03. The molecule has 3 aromatic rings. The minimum absolute atomic E-state index is 0.670. The lowest BCUT2D eigenvalue weighted by molar-refractivity contribution is 0.789. The highest BCUT2D eigenvalue weighted by Gasteiger charge is 2.08. The number of benzene rings is 1.